The fourth-order valence-corrected chi connectivity index (χ4v) is 3.11. The van der Waals surface area contributed by atoms with Gasteiger partial charge in [0, 0.05) is 12.6 Å². The predicted octanol–water partition coefficient (Wildman–Crippen LogP) is 3.86. The minimum Gasteiger partial charge on any atom is -0.383 e. The normalized spacial score (nSPS) is 16.5. The van der Waals surface area contributed by atoms with E-state index in [0.717, 1.165) is 29.5 Å². The van der Waals surface area contributed by atoms with Crippen LogP contribution in [-0.2, 0) is 7.05 Å². The molecule has 1 saturated carbocycles. The smallest absolute Gasteiger partial charge is 0.129 e. The molecule has 3 rings (SSSR count). The van der Waals surface area contributed by atoms with Gasteiger partial charge in [0.25, 0.3) is 0 Å². The van der Waals surface area contributed by atoms with E-state index in [2.05, 4.69) is 5.10 Å². The highest BCUT2D eigenvalue weighted by atomic mass is 19.1. The summed E-state index contributed by atoms with van der Waals surface area (Å²) in [7, 11) is 1.78. The molecule has 0 unspecified atom stereocenters. The van der Waals surface area contributed by atoms with Gasteiger partial charge in [0.2, 0.25) is 0 Å². The highest BCUT2D eigenvalue weighted by Crippen LogP contribution is 2.35. The Morgan fingerprint density at radius 3 is 2.60 bits per heavy atom. The quantitative estimate of drug-likeness (QED) is 0.903. The molecule has 0 aliphatic heterocycles. The Balaban J connectivity index is 1.92. The van der Waals surface area contributed by atoms with E-state index in [4.69, 9.17) is 5.73 Å². The molecule has 0 amide bonds. The third-order valence-electron chi connectivity index (χ3n) is 4.34. The van der Waals surface area contributed by atoms with Crippen LogP contribution in [0.4, 0.5) is 10.2 Å². The van der Waals surface area contributed by atoms with Crippen molar-refractivity contribution in [3.05, 3.63) is 35.8 Å². The molecule has 0 bridgehead atoms. The summed E-state index contributed by atoms with van der Waals surface area (Å²) >= 11 is 0. The number of halogens is 1. The van der Waals surface area contributed by atoms with Crippen LogP contribution in [0, 0.1) is 5.82 Å². The number of nitrogens with two attached hydrogens (primary N) is 1. The topological polar surface area (TPSA) is 43.8 Å². The van der Waals surface area contributed by atoms with Crippen LogP contribution in [0.1, 0.15) is 43.6 Å². The van der Waals surface area contributed by atoms with Crippen LogP contribution in [0.15, 0.2) is 24.4 Å². The van der Waals surface area contributed by atoms with E-state index in [0.29, 0.717) is 11.7 Å². The van der Waals surface area contributed by atoms with Crippen LogP contribution >= 0.6 is 0 Å². The first-order valence-electron chi connectivity index (χ1n) is 7.24. The maximum Gasteiger partial charge on any atom is 0.129 e. The molecule has 1 aliphatic carbocycles. The van der Waals surface area contributed by atoms with Gasteiger partial charge < -0.3 is 5.73 Å². The van der Waals surface area contributed by atoms with Crippen molar-refractivity contribution in [2.45, 2.75) is 38.0 Å². The maximum absolute atomic E-state index is 14.4. The Hall–Kier alpha value is -1.84. The van der Waals surface area contributed by atoms with Gasteiger partial charge in [-0.1, -0.05) is 31.4 Å². The van der Waals surface area contributed by atoms with E-state index >= 15 is 0 Å². The van der Waals surface area contributed by atoms with Crippen molar-refractivity contribution in [2.24, 2.45) is 7.05 Å². The van der Waals surface area contributed by atoms with Crippen molar-refractivity contribution in [1.29, 1.82) is 0 Å². The zero-order valence-electron chi connectivity index (χ0n) is 11.8. The fraction of sp³-hybridized carbons (Fsp3) is 0.438. The summed E-state index contributed by atoms with van der Waals surface area (Å²) in [5.41, 5.74) is 8.39. The van der Waals surface area contributed by atoms with Crippen molar-refractivity contribution < 1.29 is 4.39 Å². The van der Waals surface area contributed by atoms with Crippen LogP contribution < -0.4 is 5.73 Å². The second-order valence-electron chi connectivity index (χ2n) is 5.64. The average molecular weight is 273 g/mol. The number of rotatable bonds is 2. The summed E-state index contributed by atoms with van der Waals surface area (Å²) in [4.78, 5) is 0. The van der Waals surface area contributed by atoms with Crippen molar-refractivity contribution in [1.82, 2.24) is 9.78 Å². The van der Waals surface area contributed by atoms with E-state index < -0.39 is 0 Å². The molecule has 1 aromatic carbocycles. The van der Waals surface area contributed by atoms with Gasteiger partial charge in [-0.25, -0.2) is 4.39 Å². The van der Waals surface area contributed by atoms with Crippen LogP contribution in [0.2, 0.25) is 0 Å². The lowest BCUT2D eigenvalue weighted by Gasteiger charge is -2.22. The Morgan fingerprint density at radius 2 is 2.00 bits per heavy atom. The van der Waals surface area contributed by atoms with Gasteiger partial charge in [0.15, 0.2) is 0 Å². The van der Waals surface area contributed by atoms with Gasteiger partial charge in [0.1, 0.15) is 11.6 Å². The predicted molar refractivity (Wildman–Crippen MR) is 78.8 cm³/mol. The van der Waals surface area contributed by atoms with Gasteiger partial charge in [-0.3, -0.25) is 4.68 Å². The molecule has 2 N–H and O–H groups in total. The highest BCUT2D eigenvalue weighted by Gasteiger charge is 2.19. The summed E-state index contributed by atoms with van der Waals surface area (Å²) in [6, 6.07) is 5.48. The van der Waals surface area contributed by atoms with Crippen LogP contribution in [0.25, 0.3) is 11.1 Å². The standard InChI is InChI=1S/C16H20FN3/c1-20-16(18)14(10-19-20)12-7-8-13(15(17)9-12)11-5-3-2-4-6-11/h7-11H,2-6,18H2,1H3. The molecule has 0 spiro atoms. The molecule has 2 aromatic rings. The lowest BCUT2D eigenvalue weighted by Crippen LogP contribution is -2.06. The molecule has 1 heterocycles. The van der Waals surface area contributed by atoms with Crippen LogP contribution in [0.5, 0.6) is 0 Å². The summed E-state index contributed by atoms with van der Waals surface area (Å²) in [5.74, 6) is 0.830. The van der Waals surface area contributed by atoms with Crippen LogP contribution in [-0.4, -0.2) is 9.78 Å². The van der Waals surface area contributed by atoms with Crippen molar-refractivity contribution >= 4 is 5.82 Å². The third-order valence-corrected chi connectivity index (χ3v) is 4.34. The molecule has 1 aliphatic rings. The summed E-state index contributed by atoms with van der Waals surface area (Å²) in [6.45, 7) is 0. The van der Waals surface area contributed by atoms with E-state index in [-0.39, 0.29) is 5.82 Å². The minimum atomic E-state index is -0.113. The van der Waals surface area contributed by atoms with Gasteiger partial charge in [0.05, 0.1) is 6.20 Å². The lowest BCUT2D eigenvalue weighted by atomic mass is 9.83. The number of aryl methyl sites for hydroxylation is 1. The third kappa shape index (κ3) is 2.30. The molecule has 20 heavy (non-hydrogen) atoms. The molecule has 3 nitrogen and oxygen atoms in total. The Bertz CT molecular complexity index is 612. The number of hydrogen-bond acceptors (Lipinski definition) is 2. The monoisotopic (exact) mass is 273 g/mol. The van der Waals surface area contributed by atoms with Crippen molar-refractivity contribution in [2.75, 3.05) is 5.73 Å². The molecule has 106 valence electrons. The first-order chi connectivity index (χ1) is 9.66. The second kappa shape index (κ2) is 5.27. The molecule has 4 heteroatoms. The zero-order chi connectivity index (χ0) is 14.1. The van der Waals surface area contributed by atoms with Crippen molar-refractivity contribution in [3.63, 3.8) is 0 Å². The molecule has 0 radical (unpaired) electrons. The minimum absolute atomic E-state index is 0.113. The van der Waals surface area contributed by atoms with E-state index in [9.17, 15) is 4.39 Å². The van der Waals surface area contributed by atoms with Gasteiger partial charge in [-0.05, 0) is 36.0 Å². The van der Waals surface area contributed by atoms with Gasteiger partial charge in [-0.2, -0.15) is 5.10 Å². The zero-order valence-corrected chi connectivity index (χ0v) is 11.8. The van der Waals surface area contributed by atoms with Crippen LogP contribution in [0.3, 0.4) is 0 Å². The fourth-order valence-electron chi connectivity index (χ4n) is 3.11. The first kappa shape index (κ1) is 13.2. The number of aromatic nitrogens is 2. The Kier molecular flexibility index (Phi) is 3.47. The average Bonchev–Trinajstić information content (AvgIpc) is 2.80. The van der Waals surface area contributed by atoms with Crippen molar-refractivity contribution in [3.8, 4) is 11.1 Å². The maximum atomic E-state index is 14.4. The molecular formula is C16H20FN3. The number of anilines is 1. The molecule has 0 saturated heterocycles. The highest BCUT2D eigenvalue weighted by molar-refractivity contribution is 5.73. The van der Waals surface area contributed by atoms with Gasteiger partial charge in [-0.15, -0.1) is 0 Å². The molecule has 0 atom stereocenters. The number of nitrogen functional groups attached to an aromatic ring is 1. The summed E-state index contributed by atoms with van der Waals surface area (Å²) in [5, 5.41) is 4.10. The van der Waals surface area contributed by atoms with Gasteiger partial charge >= 0.3 is 0 Å². The second-order valence-corrected chi connectivity index (χ2v) is 5.64. The lowest BCUT2D eigenvalue weighted by molar-refractivity contribution is 0.430. The molecular weight excluding hydrogens is 253 g/mol. The SMILES string of the molecule is Cn1ncc(-c2ccc(C3CCCCC3)c(F)c2)c1N. The van der Waals surface area contributed by atoms with E-state index in [1.54, 1.807) is 24.0 Å². The van der Waals surface area contributed by atoms with E-state index in [1.165, 1.54) is 19.3 Å². The number of benzene rings is 1. The summed E-state index contributed by atoms with van der Waals surface area (Å²) in [6.07, 6.45) is 7.59. The first-order valence-corrected chi connectivity index (χ1v) is 7.24. The number of nitrogens with zero attached hydrogens (tertiary/aromatic N) is 2. The van der Waals surface area contributed by atoms with E-state index in [1.807, 2.05) is 12.1 Å². The Labute approximate surface area is 118 Å². The largest absolute Gasteiger partial charge is 0.383 e. The summed E-state index contributed by atoms with van der Waals surface area (Å²) < 4.78 is 16.0. The molecule has 1 aromatic heterocycles. The Morgan fingerprint density at radius 1 is 1.25 bits per heavy atom. The molecule has 1 fully saturated rings. The number of hydrogen-bond donors (Lipinski definition) is 1.